The molecule has 0 radical (unpaired) electrons. The largest absolute Gasteiger partial charge is 0.350 e. The van der Waals surface area contributed by atoms with Crippen molar-refractivity contribution in [3.05, 3.63) is 35.5 Å². The van der Waals surface area contributed by atoms with Crippen LogP contribution in [0.15, 0.2) is 24.4 Å². The van der Waals surface area contributed by atoms with Gasteiger partial charge >= 0.3 is 0 Å². The topological polar surface area (TPSA) is 22.0 Å². The van der Waals surface area contributed by atoms with Gasteiger partial charge in [-0.15, -0.1) is 0 Å². The highest BCUT2D eigenvalue weighted by Crippen LogP contribution is 2.23. The smallest absolute Gasteiger partial charge is 0.165 e. The molecule has 0 saturated heterocycles. The van der Waals surface area contributed by atoms with Crippen molar-refractivity contribution in [3.63, 3.8) is 0 Å². The van der Waals surface area contributed by atoms with Crippen LogP contribution in [0.25, 0.3) is 10.9 Å². The number of carbonyl (C=O) groups excluding carboxylic acids is 1. The second kappa shape index (κ2) is 6.38. The maximum atomic E-state index is 12.3. The van der Waals surface area contributed by atoms with Crippen molar-refractivity contribution in [1.82, 2.24) is 4.57 Å². The van der Waals surface area contributed by atoms with E-state index in [1.807, 2.05) is 17.8 Å². The Kier molecular flexibility index (Phi) is 4.81. The van der Waals surface area contributed by atoms with Crippen LogP contribution in [0.2, 0.25) is 0 Å². The number of benzene rings is 1. The van der Waals surface area contributed by atoms with Crippen LogP contribution >= 0.6 is 15.9 Å². The summed E-state index contributed by atoms with van der Waals surface area (Å²) in [5, 5.41) is 2.11. The van der Waals surface area contributed by atoms with E-state index in [1.165, 1.54) is 5.56 Å². The molecule has 0 aliphatic heterocycles. The van der Waals surface area contributed by atoms with Gasteiger partial charge in [-0.3, -0.25) is 4.79 Å². The number of hydrogen-bond donors (Lipinski definition) is 0. The molecular weight excluding hydrogens is 302 g/mol. The van der Waals surface area contributed by atoms with Crippen LogP contribution in [0.5, 0.6) is 0 Å². The van der Waals surface area contributed by atoms with E-state index in [1.54, 1.807) is 0 Å². The number of alkyl halides is 1. The van der Waals surface area contributed by atoms with Gasteiger partial charge in [0.15, 0.2) is 5.78 Å². The standard InChI is InChI=1S/C16H20BrNO/c1-12-7-8-15-13(10-12)14(11-18(15)2)16(19)6-4-3-5-9-17/h7-8,10-11H,3-6,9H2,1-2H3. The maximum absolute atomic E-state index is 12.3. The lowest BCUT2D eigenvalue weighted by molar-refractivity contribution is 0.0981. The number of fused-ring (bicyclic) bond motifs is 1. The van der Waals surface area contributed by atoms with E-state index in [2.05, 4.69) is 41.1 Å². The first-order valence-corrected chi connectivity index (χ1v) is 7.90. The Morgan fingerprint density at radius 3 is 2.79 bits per heavy atom. The molecule has 0 amide bonds. The van der Waals surface area contributed by atoms with Gasteiger partial charge in [-0.05, 0) is 31.9 Å². The second-order valence-electron chi connectivity index (χ2n) is 5.10. The lowest BCUT2D eigenvalue weighted by Gasteiger charge is -2.00. The van der Waals surface area contributed by atoms with Gasteiger partial charge < -0.3 is 4.57 Å². The van der Waals surface area contributed by atoms with Crippen molar-refractivity contribution in [1.29, 1.82) is 0 Å². The van der Waals surface area contributed by atoms with Crippen molar-refractivity contribution in [2.24, 2.45) is 7.05 Å². The summed E-state index contributed by atoms with van der Waals surface area (Å²) in [6, 6.07) is 6.29. The molecule has 2 aromatic rings. The Bertz CT molecular complexity index is 586. The molecule has 1 aromatic heterocycles. The Hall–Kier alpha value is -1.09. The molecule has 2 rings (SSSR count). The quantitative estimate of drug-likeness (QED) is 0.432. The average Bonchev–Trinajstić information content (AvgIpc) is 2.71. The number of rotatable bonds is 6. The fraction of sp³-hybridized carbons (Fsp3) is 0.438. The SMILES string of the molecule is Cc1ccc2c(c1)c(C(=O)CCCCCBr)cn2C. The minimum Gasteiger partial charge on any atom is -0.350 e. The molecular formula is C16H20BrNO. The Labute approximate surface area is 122 Å². The first-order chi connectivity index (χ1) is 9.13. The number of Topliss-reactive ketones (excluding diaryl/α,β-unsaturated/α-hetero) is 1. The first kappa shape index (κ1) is 14.3. The number of halogens is 1. The number of ketones is 1. The summed E-state index contributed by atoms with van der Waals surface area (Å²) < 4.78 is 2.04. The van der Waals surface area contributed by atoms with Crippen LogP contribution in [0.4, 0.5) is 0 Å². The summed E-state index contributed by atoms with van der Waals surface area (Å²) in [6.07, 6.45) is 5.85. The van der Waals surface area contributed by atoms with Crippen LogP contribution in [0, 0.1) is 6.92 Å². The summed E-state index contributed by atoms with van der Waals surface area (Å²) in [4.78, 5) is 12.3. The van der Waals surface area contributed by atoms with Gasteiger partial charge in [0.25, 0.3) is 0 Å². The summed E-state index contributed by atoms with van der Waals surface area (Å²) in [6.45, 7) is 2.07. The van der Waals surface area contributed by atoms with Crippen LogP contribution in [-0.4, -0.2) is 15.7 Å². The monoisotopic (exact) mass is 321 g/mol. The van der Waals surface area contributed by atoms with Gasteiger partial charge in [0.1, 0.15) is 0 Å². The number of aryl methyl sites for hydroxylation is 2. The molecule has 3 heteroatoms. The zero-order chi connectivity index (χ0) is 13.8. The Balaban J connectivity index is 2.19. The van der Waals surface area contributed by atoms with Crippen LogP contribution in [0.3, 0.4) is 0 Å². The Morgan fingerprint density at radius 1 is 1.26 bits per heavy atom. The summed E-state index contributed by atoms with van der Waals surface area (Å²) in [5.41, 5.74) is 3.21. The van der Waals surface area contributed by atoms with Gasteiger partial charge in [-0.25, -0.2) is 0 Å². The van der Waals surface area contributed by atoms with Crippen molar-refractivity contribution >= 4 is 32.6 Å². The van der Waals surface area contributed by atoms with Gasteiger partial charge in [-0.1, -0.05) is 34.0 Å². The molecule has 1 aromatic carbocycles. The van der Waals surface area contributed by atoms with Gasteiger partial charge in [-0.2, -0.15) is 0 Å². The molecule has 0 unspecified atom stereocenters. The van der Waals surface area contributed by atoms with Crippen molar-refractivity contribution < 1.29 is 4.79 Å². The average molecular weight is 322 g/mol. The lowest BCUT2D eigenvalue weighted by Crippen LogP contribution is -1.98. The molecule has 0 atom stereocenters. The molecule has 0 bridgehead atoms. The molecule has 1 heterocycles. The van der Waals surface area contributed by atoms with E-state index in [0.717, 1.165) is 41.1 Å². The Morgan fingerprint density at radius 2 is 2.05 bits per heavy atom. The van der Waals surface area contributed by atoms with Crippen LogP contribution in [-0.2, 0) is 7.05 Å². The van der Waals surface area contributed by atoms with Gasteiger partial charge in [0.05, 0.1) is 0 Å². The molecule has 0 aliphatic carbocycles. The third kappa shape index (κ3) is 3.27. The van der Waals surface area contributed by atoms with E-state index in [-0.39, 0.29) is 5.78 Å². The normalized spacial score (nSPS) is 11.1. The first-order valence-electron chi connectivity index (χ1n) is 6.78. The van der Waals surface area contributed by atoms with E-state index in [0.29, 0.717) is 6.42 Å². The fourth-order valence-electron chi connectivity index (χ4n) is 2.42. The lowest BCUT2D eigenvalue weighted by atomic mass is 10.0. The zero-order valence-electron chi connectivity index (χ0n) is 11.6. The van der Waals surface area contributed by atoms with E-state index in [4.69, 9.17) is 0 Å². The summed E-state index contributed by atoms with van der Waals surface area (Å²) in [5.74, 6) is 0.269. The van der Waals surface area contributed by atoms with Crippen LogP contribution < -0.4 is 0 Å². The molecule has 0 fully saturated rings. The third-order valence-corrected chi connectivity index (χ3v) is 4.04. The minimum atomic E-state index is 0.269. The maximum Gasteiger partial charge on any atom is 0.165 e. The molecule has 0 aliphatic rings. The summed E-state index contributed by atoms with van der Waals surface area (Å²) in [7, 11) is 2.00. The zero-order valence-corrected chi connectivity index (χ0v) is 13.2. The number of hydrogen-bond acceptors (Lipinski definition) is 1. The van der Waals surface area contributed by atoms with Crippen molar-refractivity contribution in [3.8, 4) is 0 Å². The molecule has 19 heavy (non-hydrogen) atoms. The molecule has 2 nitrogen and oxygen atoms in total. The number of unbranched alkanes of at least 4 members (excludes halogenated alkanes) is 2. The van der Waals surface area contributed by atoms with E-state index >= 15 is 0 Å². The number of nitrogens with zero attached hydrogens (tertiary/aromatic N) is 1. The summed E-state index contributed by atoms with van der Waals surface area (Å²) >= 11 is 3.42. The van der Waals surface area contributed by atoms with Gasteiger partial charge in [0, 0.05) is 41.5 Å². The highest BCUT2D eigenvalue weighted by Gasteiger charge is 2.13. The van der Waals surface area contributed by atoms with Crippen molar-refractivity contribution in [2.75, 3.05) is 5.33 Å². The highest BCUT2D eigenvalue weighted by atomic mass is 79.9. The predicted octanol–water partition coefficient (Wildman–Crippen LogP) is 4.62. The number of aromatic nitrogens is 1. The van der Waals surface area contributed by atoms with E-state index in [9.17, 15) is 4.79 Å². The predicted molar refractivity (Wildman–Crippen MR) is 84.2 cm³/mol. The number of carbonyl (C=O) groups is 1. The highest BCUT2D eigenvalue weighted by molar-refractivity contribution is 9.09. The molecule has 0 spiro atoms. The molecule has 0 N–H and O–H groups in total. The minimum absolute atomic E-state index is 0.269. The van der Waals surface area contributed by atoms with E-state index < -0.39 is 0 Å². The fourth-order valence-corrected chi connectivity index (χ4v) is 2.82. The molecule has 0 saturated carbocycles. The third-order valence-electron chi connectivity index (χ3n) is 3.48. The van der Waals surface area contributed by atoms with Gasteiger partial charge in [0.2, 0.25) is 0 Å². The second-order valence-corrected chi connectivity index (χ2v) is 5.89. The molecule has 102 valence electrons. The van der Waals surface area contributed by atoms with Crippen LogP contribution in [0.1, 0.15) is 41.6 Å². The van der Waals surface area contributed by atoms with Crippen molar-refractivity contribution in [2.45, 2.75) is 32.6 Å².